The average Bonchev–Trinajstić information content (AvgIpc) is 3.28. The van der Waals surface area contributed by atoms with Crippen LogP contribution < -0.4 is 14.2 Å². The number of aliphatic imine (C=N–C) groups is 1. The Labute approximate surface area is 219 Å². The molecule has 0 aromatic heterocycles. The number of fused-ring (bicyclic) bond motifs is 1. The summed E-state index contributed by atoms with van der Waals surface area (Å²) in [4.78, 5) is 16.9. The van der Waals surface area contributed by atoms with Crippen molar-refractivity contribution in [2.75, 3.05) is 19.8 Å². The van der Waals surface area contributed by atoms with E-state index in [1.165, 1.54) is 16.8 Å². The number of rotatable bonds is 11. The molecule has 2 aliphatic heterocycles. The first kappa shape index (κ1) is 25.8. The summed E-state index contributed by atoms with van der Waals surface area (Å²) < 4.78 is 17.3. The number of ether oxygens (including phenoxy) is 3. The Morgan fingerprint density at radius 1 is 1.11 bits per heavy atom. The van der Waals surface area contributed by atoms with Crippen molar-refractivity contribution >= 4 is 51.4 Å². The zero-order valence-corrected chi connectivity index (χ0v) is 21.7. The number of benzene rings is 2. The molecule has 2 heterocycles. The highest BCUT2D eigenvalue weighted by Gasteiger charge is 2.35. The van der Waals surface area contributed by atoms with E-state index in [9.17, 15) is 4.79 Å². The number of amides is 1. The zero-order valence-electron chi connectivity index (χ0n) is 20.1. The van der Waals surface area contributed by atoms with E-state index >= 15 is 0 Å². The average molecular weight is 527 g/mol. The van der Waals surface area contributed by atoms with Crippen LogP contribution in [0.4, 0.5) is 0 Å². The lowest BCUT2D eigenvalue weighted by Gasteiger charge is -2.20. The molecule has 1 N–H and O–H groups in total. The van der Waals surface area contributed by atoms with Crippen LogP contribution in [0.1, 0.15) is 38.7 Å². The summed E-state index contributed by atoms with van der Waals surface area (Å²) in [7, 11) is 0. The molecule has 0 aliphatic carbocycles. The van der Waals surface area contributed by atoms with Gasteiger partial charge in [-0.15, -0.1) is 0 Å². The van der Waals surface area contributed by atoms with Gasteiger partial charge in [-0.3, -0.25) is 10.2 Å². The van der Waals surface area contributed by atoms with E-state index in [4.69, 9.17) is 31.2 Å². The molecular weight excluding hydrogens is 500 g/mol. The van der Waals surface area contributed by atoms with Crippen molar-refractivity contribution in [2.24, 2.45) is 10.1 Å². The molecule has 0 radical (unpaired) electrons. The van der Waals surface area contributed by atoms with Gasteiger partial charge in [0.25, 0.3) is 5.91 Å². The Balaban J connectivity index is 1.51. The number of nitrogens with zero attached hydrogens (tertiary/aromatic N) is 3. The number of hydrazone groups is 1. The number of para-hydroxylation sites is 1. The second-order valence-corrected chi connectivity index (χ2v) is 9.34. The van der Waals surface area contributed by atoms with Gasteiger partial charge in [-0.05, 0) is 67.4 Å². The molecule has 0 atom stereocenters. The zero-order chi connectivity index (χ0) is 25.5. The molecule has 0 bridgehead atoms. The van der Waals surface area contributed by atoms with Gasteiger partial charge >= 0.3 is 0 Å². The van der Waals surface area contributed by atoms with Crippen LogP contribution in [0.2, 0.25) is 5.02 Å². The first-order valence-electron chi connectivity index (χ1n) is 11.8. The van der Waals surface area contributed by atoms with Crippen LogP contribution in [-0.4, -0.2) is 46.8 Å². The maximum atomic E-state index is 12.7. The summed E-state index contributed by atoms with van der Waals surface area (Å²) in [5.74, 6) is 1.08. The normalized spacial score (nSPS) is 16.1. The van der Waals surface area contributed by atoms with Gasteiger partial charge in [0.05, 0.1) is 17.2 Å². The molecule has 2 aliphatic rings. The fraction of sp³-hybridized carbons (Fsp3) is 0.308. The number of nitrogens with one attached hydrogen (secondary N) is 1. The number of thioether (sulfide) groups is 1. The van der Waals surface area contributed by atoms with Crippen molar-refractivity contribution in [3.05, 3.63) is 58.6 Å². The highest BCUT2D eigenvalue weighted by Crippen LogP contribution is 2.38. The van der Waals surface area contributed by atoms with Crippen LogP contribution in [-0.2, 0) is 4.79 Å². The van der Waals surface area contributed by atoms with E-state index in [1.54, 1.807) is 18.2 Å². The number of hydrogen-bond donors (Lipinski definition) is 1. The summed E-state index contributed by atoms with van der Waals surface area (Å²) in [6.45, 7) is 4.96. The van der Waals surface area contributed by atoms with Crippen LogP contribution in [0, 0.1) is 5.41 Å². The minimum atomic E-state index is -0.488. The van der Waals surface area contributed by atoms with E-state index in [1.807, 2.05) is 37.3 Å². The fourth-order valence-electron chi connectivity index (χ4n) is 3.52. The van der Waals surface area contributed by atoms with Gasteiger partial charge in [-0.25, -0.2) is 0 Å². The number of hydrogen-bond acceptors (Lipinski definition) is 7. The molecule has 0 saturated carbocycles. The first-order valence-corrected chi connectivity index (χ1v) is 13.0. The van der Waals surface area contributed by atoms with Crippen molar-refractivity contribution in [2.45, 2.75) is 33.1 Å². The molecular formula is C26H27ClN4O4S. The second kappa shape index (κ2) is 12.1. The lowest BCUT2D eigenvalue weighted by molar-refractivity contribution is -0.114. The van der Waals surface area contributed by atoms with Gasteiger partial charge in [-0.2, -0.15) is 15.1 Å². The lowest BCUT2D eigenvalue weighted by atomic mass is 10.1. The molecule has 0 spiro atoms. The molecule has 0 saturated heterocycles. The maximum absolute atomic E-state index is 12.7. The summed E-state index contributed by atoms with van der Waals surface area (Å²) >= 11 is 7.88. The van der Waals surface area contributed by atoms with Crippen LogP contribution in [0.3, 0.4) is 0 Å². The third kappa shape index (κ3) is 6.09. The SMILES string of the molecule is CCCCC1=NN2C(=N)/C(=C\c3cc(Cl)c(OCCOc4ccccc4)c(OCC)c3)C(=O)N=C2S1. The Kier molecular flexibility index (Phi) is 8.66. The van der Waals surface area contributed by atoms with Crippen LogP contribution >= 0.6 is 23.4 Å². The monoisotopic (exact) mass is 526 g/mol. The van der Waals surface area contributed by atoms with Crippen LogP contribution in [0.25, 0.3) is 6.08 Å². The quantitative estimate of drug-likeness (QED) is 0.284. The molecule has 10 heteroatoms. The van der Waals surface area contributed by atoms with Gasteiger partial charge in [0, 0.05) is 0 Å². The molecule has 4 rings (SSSR count). The summed E-state index contributed by atoms with van der Waals surface area (Å²) in [6.07, 6.45) is 4.40. The number of unbranched alkanes of at least 4 members (excludes halogenated alkanes) is 1. The molecule has 8 nitrogen and oxygen atoms in total. The largest absolute Gasteiger partial charge is 0.490 e. The van der Waals surface area contributed by atoms with Gasteiger partial charge in [0.2, 0.25) is 5.17 Å². The summed E-state index contributed by atoms with van der Waals surface area (Å²) in [5, 5.41) is 16.1. The van der Waals surface area contributed by atoms with Crippen molar-refractivity contribution in [1.29, 1.82) is 5.41 Å². The fourth-order valence-corrected chi connectivity index (χ4v) is 4.72. The van der Waals surface area contributed by atoms with Crippen molar-refractivity contribution < 1.29 is 19.0 Å². The second-order valence-electron chi connectivity index (χ2n) is 7.89. The van der Waals surface area contributed by atoms with E-state index in [0.717, 1.165) is 30.1 Å². The van der Waals surface area contributed by atoms with E-state index in [-0.39, 0.29) is 18.0 Å². The molecule has 1 amide bonds. The Hall–Kier alpha value is -3.30. The topological polar surface area (TPSA) is 96.6 Å². The predicted octanol–water partition coefficient (Wildman–Crippen LogP) is 6.01. The molecule has 2 aromatic carbocycles. The molecule has 188 valence electrons. The number of carbonyl (C=O) groups excluding carboxylic acids is 1. The van der Waals surface area contributed by atoms with Crippen molar-refractivity contribution in [1.82, 2.24) is 5.01 Å². The Bertz CT molecular complexity index is 1230. The predicted molar refractivity (Wildman–Crippen MR) is 145 cm³/mol. The van der Waals surface area contributed by atoms with E-state index in [0.29, 0.717) is 40.5 Å². The number of amidine groups is 2. The molecule has 36 heavy (non-hydrogen) atoms. The van der Waals surface area contributed by atoms with Crippen molar-refractivity contribution in [3.8, 4) is 17.2 Å². The Morgan fingerprint density at radius 2 is 1.89 bits per heavy atom. The molecule has 2 aromatic rings. The van der Waals surface area contributed by atoms with Crippen LogP contribution in [0.15, 0.2) is 58.1 Å². The molecule has 0 fully saturated rings. The van der Waals surface area contributed by atoms with Crippen molar-refractivity contribution in [3.63, 3.8) is 0 Å². The number of halogens is 1. The lowest BCUT2D eigenvalue weighted by Crippen LogP contribution is -2.35. The summed E-state index contributed by atoms with van der Waals surface area (Å²) in [5.41, 5.74) is 0.716. The van der Waals surface area contributed by atoms with E-state index in [2.05, 4.69) is 17.0 Å². The van der Waals surface area contributed by atoms with Gasteiger partial charge in [0.1, 0.15) is 24.0 Å². The highest BCUT2D eigenvalue weighted by atomic mass is 35.5. The Morgan fingerprint density at radius 3 is 2.64 bits per heavy atom. The smallest absolute Gasteiger partial charge is 0.283 e. The first-order chi connectivity index (χ1) is 17.5. The third-order valence-corrected chi connectivity index (χ3v) is 6.47. The minimum absolute atomic E-state index is 0.0172. The maximum Gasteiger partial charge on any atom is 0.283 e. The van der Waals surface area contributed by atoms with Crippen LogP contribution in [0.5, 0.6) is 17.2 Å². The number of carbonyl (C=O) groups is 1. The third-order valence-electron chi connectivity index (χ3n) is 5.22. The minimum Gasteiger partial charge on any atom is -0.490 e. The highest BCUT2D eigenvalue weighted by molar-refractivity contribution is 8.26. The van der Waals surface area contributed by atoms with Gasteiger partial charge in [-0.1, -0.05) is 43.1 Å². The van der Waals surface area contributed by atoms with Gasteiger partial charge < -0.3 is 14.2 Å². The van der Waals surface area contributed by atoms with Gasteiger partial charge in [0.15, 0.2) is 17.3 Å². The molecule has 0 unspecified atom stereocenters. The summed E-state index contributed by atoms with van der Waals surface area (Å²) in [6, 6.07) is 12.9. The van der Waals surface area contributed by atoms with E-state index < -0.39 is 5.91 Å². The standard InChI is InChI=1S/C26H27ClN4O4S/c1-3-5-11-22-30-31-24(28)19(25(32)29-26(31)36-22)14-17-15-20(27)23(21(16-17)33-4-2)35-13-12-34-18-9-7-6-8-10-18/h6-10,14-16,28H,3-5,11-13H2,1-2H3/b19-14+,28-24?.